The molecule has 0 bridgehead atoms. The maximum absolute atomic E-state index is 5.57. The van der Waals surface area contributed by atoms with Crippen molar-refractivity contribution in [2.45, 2.75) is 40.0 Å². The zero-order valence-electron chi connectivity index (χ0n) is 18.4. The third-order valence-electron chi connectivity index (χ3n) is 5.25. The molecule has 2 aromatic carbocycles. The maximum atomic E-state index is 5.57. The number of benzene rings is 2. The highest BCUT2D eigenvalue weighted by Gasteiger charge is 2.14. The van der Waals surface area contributed by atoms with E-state index in [1.807, 2.05) is 48.1 Å². The highest BCUT2D eigenvalue weighted by molar-refractivity contribution is 5.40. The van der Waals surface area contributed by atoms with E-state index in [0.717, 1.165) is 35.0 Å². The summed E-state index contributed by atoms with van der Waals surface area (Å²) in [5.41, 5.74) is 5.57. The van der Waals surface area contributed by atoms with Crippen LogP contribution in [-0.4, -0.2) is 30.6 Å². The molecule has 0 radical (unpaired) electrons. The standard InChI is InChI=1S/C24H31N3O3/c1-6-30-16-20-13-19(7-12-24(20)29-5)14-25-17(2)23-15-26-27(18(23)3)21-8-10-22(28-4)11-9-21/h7-13,15,17,25H,6,14,16H2,1-5H3. The number of ether oxygens (including phenoxy) is 3. The molecule has 1 atom stereocenters. The van der Waals surface area contributed by atoms with Gasteiger partial charge in [0.15, 0.2) is 0 Å². The summed E-state index contributed by atoms with van der Waals surface area (Å²) in [6.45, 7) is 8.23. The van der Waals surface area contributed by atoms with Crippen LogP contribution in [0.3, 0.4) is 0 Å². The van der Waals surface area contributed by atoms with E-state index in [9.17, 15) is 0 Å². The minimum absolute atomic E-state index is 0.162. The number of hydrogen-bond donors (Lipinski definition) is 1. The zero-order chi connectivity index (χ0) is 21.5. The van der Waals surface area contributed by atoms with E-state index in [1.165, 1.54) is 11.1 Å². The van der Waals surface area contributed by atoms with Crippen LogP contribution in [0.5, 0.6) is 11.5 Å². The molecule has 6 heteroatoms. The third-order valence-corrected chi connectivity index (χ3v) is 5.25. The van der Waals surface area contributed by atoms with Crippen molar-refractivity contribution in [3.8, 4) is 17.2 Å². The molecule has 3 aromatic rings. The van der Waals surface area contributed by atoms with Gasteiger partial charge in [-0.25, -0.2) is 4.68 Å². The number of aromatic nitrogens is 2. The SMILES string of the molecule is CCOCc1cc(CNC(C)c2cnn(-c3ccc(OC)cc3)c2C)ccc1OC. The first kappa shape index (κ1) is 21.9. The smallest absolute Gasteiger partial charge is 0.124 e. The lowest BCUT2D eigenvalue weighted by Crippen LogP contribution is -2.19. The van der Waals surface area contributed by atoms with Gasteiger partial charge in [-0.05, 0) is 62.7 Å². The molecule has 160 valence electrons. The molecular weight excluding hydrogens is 378 g/mol. The van der Waals surface area contributed by atoms with Gasteiger partial charge in [0, 0.05) is 36.0 Å². The molecule has 1 N–H and O–H groups in total. The van der Waals surface area contributed by atoms with Crippen LogP contribution in [0.2, 0.25) is 0 Å². The Labute approximate surface area is 178 Å². The third kappa shape index (κ3) is 5.01. The van der Waals surface area contributed by atoms with E-state index < -0.39 is 0 Å². The molecule has 3 rings (SSSR count). The average Bonchev–Trinajstić information content (AvgIpc) is 3.17. The summed E-state index contributed by atoms with van der Waals surface area (Å²) < 4.78 is 18.2. The molecule has 1 aromatic heterocycles. The van der Waals surface area contributed by atoms with Crippen molar-refractivity contribution in [2.75, 3.05) is 20.8 Å². The molecule has 0 spiro atoms. The summed E-state index contributed by atoms with van der Waals surface area (Å²) in [6.07, 6.45) is 1.94. The van der Waals surface area contributed by atoms with Crippen molar-refractivity contribution in [2.24, 2.45) is 0 Å². The predicted octanol–water partition coefficient (Wildman–Crippen LogP) is 4.59. The van der Waals surface area contributed by atoms with Crippen LogP contribution < -0.4 is 14.8 Å². The Kier molecular flexibility index (Phi) is 7.49. The second-order valence-corrected chi connectivity index (χ2v) is 7.18. The monoisotopic (exact) mass is 409 g/mol. The van der Waals surface area contributed by atoms with Crippen LogP contribution in [0.15, 0.2) is 48.7 Å². The summed E-state index contributed by atoms with van der Waals surface area (Å²) >= 11 is 0. The first-order valence-electron chi connectivity index (χ1n) is 10.2. The van der Waals surface area contributed by atoms with Crippen LogP contribution in [0.25, 0.3) is 5.69 Å². The van der Waals surface area contributed by atoms with Crippen LogP contribution in [0.1, 0.15) is 42.3 Å². The quantitative estimate of drug-likeness (QED) is 0.531. The van der Waals surface area contributed by atoms with Gasteiger partial charge in [-0.3, -0.25) is 0 Å². The molecular formula is C24H31N3O3. The van der Waals surface area contributed by atoms with Crippen molar-refractivity contribution >= 4 is 0 Å². The van der Waals surface area contributed by atoms with Crippen LogP contribution >= 0.6 is 0 Å². The number of rotatable bonds is 10. The van der Waals surface area contributed by atoms with Gasteiger partial charge in [0.05, 0.1) is 32.7 Å². The summed E-state index contributed by atoms with van der Waals surface area (Å²) in [5.74, 6) is 1.69. The topological polar surface area (TPSA) is 57.5 Å². The van der Waals surface area contributed by atoms with E-state index in [2.05, 4.69) is 36.4 Å². The first-order valence-corrected chi connectivity index (χ1v) is 10.2. The van der Waals surface area contributed by atoms with Crippen molar-refractivity contribution in [3.63, 3.8) is 0 Å². The van der Waals surface area contributed by atoms with Crippen LogP contribution in [0.4, 0.5) is 0 Å². The van der Waals surface area contributed by atoms with Crippen molar-refractivity contribution in [1.29, 1.82) is 0 Å². The average molecular weight is 410 g/mol. The van der Waals surface area contributed by atoms with Crippen LogP contribution in [0, 0.1) is 6.92 Å². The van der Waals surface area contributed by atoms with Gasteiger partial charge in [-0.2, -0.15) is 5.10 Å². The summed E-state index contributed by atoms with van der Waals surface area (Å²) in [4.78, 5) is 0. The Balaban J connectivity index is 1.69. The van der Waals surface area contributed by atoms with Gasteiger partial charge < -0.3 is 19.5 Å². The molecule has 1 heterocycles. The number of nitrogens with one attached hydrogen (secondary N) is 1. The maximum Gasteiger partial charge on any atom is 0.124 e. The number of nitrogens with zero attached hydrogens (tertiary/aromatic N) is 2. The molecule has 30 heavy (non-hydrogen) atoms. The molecule has 0 saturated heterocycles. The largest absolute Gasteiger partial charge is 0.497 e. The number of methoxy groups -OCH3 is 2. The first-order chi connectivity index (χ1) is 14.6. The fraction of sp³-hybridized carbons (Fsp3) is 0.375. The van der Waals surface area contributed by atoms with E-state index in [-0.39, 0.29) is 6.04 Å². The van der Waals surface area contributed by atoms with Gasteiger partial charge in [0.25, 0.3) is 0 Å². The Hall–Kier alpha value is -2.83. The van der Waals surface area contributed by atoms with E-state index in [1.54, 1.807) is 14.2 Å². The lowest BCUT2D eigenvalue weighted by molar-refractivity contribution is 0.132. The van der Waals surface area contributed by atoms with E-state index >= 15 is 0 Å². The Morgan fingerprint density at radius 3 is 2.50 bits per heavy atom. The minimum atomic E-state index is 0.162. The molecule has 0 aliphatic carbocycles. The summed E-state index contributed by atoms with van der Waals surface area (Å²) in [7, 11) is 3.36. The minimum Gasteiger partial charge on any atom is -0.497 e. The molecule has 6 nitrogen and oxygen atoms in total. The van der Waals surface area contributed by atoms with Crippen LogP contribution in [-0.2, 0) is 17.9 Å². The van der Waals surface area contributed by atoms with Crippen molar-refractivity contribution in [1.82, 2.24) is 15.1 Å². The normalized spacial score (nSPS) is 12.0. The Morgan fingerprint density at radius 2 is 1.83 bits per heavy atom. The van der Waals surface area contributed by atoms with Gasteiger partial charge in [-0.1, -0.05) is 6.07 Å². The lowest BCUT2D eigenvalue weighted by atomic mass is 10.1. The van der Waals surface area contributed by atoms with E-state index in [0.29, 0.717) is 13.2 Å². The lowest BCUT2D eigenvalue weighted by Gasteiger charge is -2.16. The second-order valence-electron chi connectivity index (χ2n) is 7.18. The fourth-order valence-corrected chi connectivity index (χ4v) is 3.48. The van der Waals surface area contributed by atoms with Gasteiger partial charge >= 0.3 is 0 Å². The van der Waals surface area contributed by atoms with Gasteiger partial charge in [0.1, 0.15) is 11.5 Å². The summed E-state index contributed by atoms with van der Waals surface area (Å²) in [6, 6.07) is 14.3. The molecule has 0 amide bonds. The highest BCUT2D eigenvalue weighted by Crippen LogP contribution is 2.24. The van der Waals surface area contributed by atoms with E-state index in [4.69, 9.17) is 14.2 Å². The zero-order valence-corrected chi connectivity index (χ0v) is 18.4. The second kappa shape index (κ2) is 10.3. The highest BCUT2D eigenvalue weighted by atomic mass is 16.5. The van der Waals surface area contributed by atoms with Gasteiger partial charge in [-0.15, -0.1) is 0 Å². The number of hydrogen-bond acceptors (Lipinski definition) is 5. The fourth-order valence-electron chi connectivity index (χ4n) is 3.48. The molecule has 0 fully saturated rings. The van der Waals surface area contributed by atoms with Gasteiger partial charge in [0.2, 0.25) is 0 Å². The predicted molar refractivity (Wildman–Crippen MR) is 118 cm³/mol. The molecule has 1 unspecified atom stereocenters. The Morgan fingerprint density at radius 1 is 1.07 bits per heavy atom. The van der Waals surface area contributed by atoms with Crippen molar-refractivity contribution < 1.29 is 14.2 Å². The molecule has 0 aliphatic heterocycles. The molecule has 0 saturated carbocycles. The van der Waals surface area contributed by atoms with Crippen molar-refractivity contribution in [3.05, 3.63) is 71.0 Å². The Bertz CT molecular complexity index is 951. The summed E-state index contributed by atoms with van der Waals surface area (Å²) in [5, 5.41) is 8.20. The molecule has 0 aliphatic rings.